The molecule has 0 radical (unpaired) electrons. The van der Waals surface area contributed by atoms with Gasteiger partial charge >= 0.3 is 11.9 Å². The standard InChI is InChI=1S/C16H15NO4/c1-21-16(20)13-6-4-12(5-7-13)11-17-10-2-3-14(17)8-9-15(18)19/h2-10H,11H2,1H3,(H,18,19)/b9-8+. The van der Waals surface area contributed by atoms with Gasteiger partial charge in [0, 0.05) is 24.5 Å². The molecule has 2 aromatic rings. The first-order valence-corrected chi connectivity index (χ1v) is 6.33. The minimum atomic E-state index is -0.981. The lowest BCUT2D eigenvalue weighted by atomic mass is 10.1. The third kappa shape index (κ3) is 3.82. The molecule has 108 valence electrons. The Morgan fingerprint density at radius 1 is 1.24 bits per heavy atom. The van der Waals surface area contributed by atoms with E-state index in [1.165, 1.54) is 7.11 Å². The Hall–Kier alpha value is -2.82. The molecule has 21 heavy (non-hydrogen) atoms. The average molecular weight is 285 g/mol. The van der Waals surface area contributed by atoms with E-state index in [9.17, 15) is 9.59 Å². The molecule has 1 heterocycles. The van der Waals surface area contributed by atoms with E-state index in [4.69, 9.17) is 5.11 Å². The van der Waals surface area contributed by atoms with Crippen LogP contribution in [0.3, 0.4) is 0 Å². The van der Waals surface area contributed by atoms with Gasteiger partial charge in [0.25, 0.3) is 0 Å². The van der Waals surface area contributed by atoms with Gasteiger partial charge in [-0.25, -0.2) is 9.59 Å². The topological polar surface area (TPSA) is 68.5 Å². The van der Waals surface area contributed by atoms with E-state index in [1.54, 1.807) is 18.2 Å². The first-order valence-electron chi connectivity index (χ1n) is 6.33. The highest BCUT2D eigenvalue weighted by Gasteiger charge is 2.05. The smallest absolute Gasteiger partial charge is 0.337 e. The number of benzene rings is 1. The van der Waals surface area contributed by atoms with E-state index in [2.05, 4.69) is 4.74 Å². The summed E-state index contributed by atoms with van der Waals surface area (Å²) in [6.45, 7) is 0.591. The zero-order valence-corrected chi connectivity index (χ0v) is 11.5. The van der Waals surface area contributed by atoms with Gasteiger partial charge in [0.15, 0.2) is 0 Å². The van der Waals surface area contributed by atoms with Crippen LogP contribution in [-0.2, 0) is 16.1 Å². The molecule has 0 bridgehead atoms. The molecule has 0 saturated heterocycles. The number of nitrogens with zero attached hydrogens (tertiary/aromatic N) is 1. The van der Waals surface area contributed by atoms with E-state index >= 15 is 0 Å². The van der Waals surface area contributed by atoms with Crippen LogP contribution in [0.5, 0.6) is 0 Å². The number of carbonyl (C=O) groups is 2. The molecule has 0 aliphatic rings. The summed E-state index contributed by atoms with van der Waals surface area (Å²) in [6.07, 6.45) is 4.52. The molecule has 0 spiro atoms. The molecule has 0 fully saturated rings. The predicted octanol–water partition coefficient (Wildman–Crippen LogP) is 2.42. The Bertz CT molecular complexity index is 668. The molecule has 0 aliphatic heterocycles. The minimum Gasteiger partial charge on any atom is -0.478 e. The molecule has 1 aromatic heterocycles. The highest BCUT2D eigenvalue weighted by Crippen LogP contribution is 2.11. The van der Waals surface area contributed by atoms with Crippen molar-refractivity contribution in [3.05, 3.63) is 65.5 Å². The fourth-order valence-electron chi connectivity index (χ4n) is 1.94. The SMILES string of the molecule is COC(=O)c1ccc(Cn2cccc2/C=C/C(=O)O)cc1. The van der Waals surface area contributed by atoms with Crippen LogP contribution in [0.15, 0.2) is 48.7 Å². The average Bonchev–Trinajstić information content (AvgIpc) is 2.92. The van der Waals surface area contributed by atoms with Gasteiger partial charge in [0.1, 0.15) is 0 Å². The summed E-state index contributed by atoms with van der Waals surface area (Å²) in [6, 6.07) is 10.8. The predicted molar refractivity (Wildman–Crippen MR) is 78.0 cm³/mol. The number of aliphatic carboxylic acids is 1. The summed E-state index contributed by atoms with van der Waals surface area (Å²) >= 11 is 0. The summed E-state index contributed by atoms with van der Waals surface area (Å²) in [5.74, 6) is -1.35. The second-order valence-electron chi connectivity index (χ2n) is 4.42. The van der Waals surface area contributed by atoms with Crippen LogP contribution in [-0.4, -0.2) is 28.7 Å². The normalized spacial score (nSPS) is 10.7. The molecule has 0 unspecified atom stereocenters. The Morgan fingerprint density at radius 3 is 2.57 bits per heavy atom. The Labute approximate surface area is 122 Å². The number of rotatable bonds is 5. The van der Waals surface area contributed by atoms with Gasteiger partial charge in [0.2, 0.25) is 0 Å². The number of carboxylic acid groups (broad SMARTS) is 1. The van der Waals surface area contributed by atoms with Crippen molar-refractivity contribution in [2.45, 2.75) is 6.54 Å². The van der Waals surface area contributed by atoms with Crippen LogP contribution in [0.1, 0.15) is 21.6 Å². The van der Waals surface area contributed by atoms with Crippen LogP contribution >= 0.6 is 0 Å². The van der Waals surface area contributed by atoms with Crippen molar-refractivity contribution >= 4 is 18.0 Å². The van der Waals surface area contributed by atoms with Crippen molar-refractivity contribution in [2.24, 2.45) is 0 Å². The van der Waals surface area contributed by atoms with Crippen molar-refractivity contribution in [1.29, 1.82) is 0 Å². The van der Waals surface area contributed by atoms with Gasteiger partial charge in [-0.3, -0.25) is 0 Å². The summed E-state index contributed by atoms with van der Waals surface area (Å²) in [4.78, 5) is 21.9. The largest absolute Gasteiger partial charge is 0.478 e. The lowest BCUT2D eigenvalue weighted by Crippen LogP contribution is -2.03. The van der Waals surface area contributed by atoms with Gasteiger partial charge < -0.3 is 14.4 Å². The molecule has 0 aliphatic carbocycles. The van der Waals surface area contributed by atoms with E-state index in [-0.39, 0.29) is 5.97 Å². The first-order chi connectivity index (χ1) is 10.1. The van der Waals surface area contributed by atoms with Gasteiger partial charge in [-0.05, 0) is 35.9 Å². The molecule has 0 saturated carbocycles. The quantitative estimate of drug-likeness (QED) is 0.676. The highest BCUT2D eigenvalue weighted by atomic mass is 16.5. The van der Waals surface area contributed by atoms with Crippen LogP contribution in [0.4, 0.5) is 0 Å². The van der Waals surface area contributed by atoms with Gasteiger partial charge in [-0.1, -0.05) is 12.1 Å². The Balaban J connectivity index is 2.14. The number of ether oxygens (including phenoxy) is 1. The lowest BCUT2D eigenvalue weighted by Gasteiger charge is -2.07. The maximum atomic E-state index is 11.4. The van der Waals surface area contributed by atoms with Crippen molar-refractivity contribution in [3.63, 3.8) is 0 Å². The number of carbonyl (C=O) groups excluding carboxylic acids is 1. The summed E-state index contributed by atoms with van der Waals surface area (Å²) in [7, 11) is 1.34. The Morgan fingerprint density at radius 2 is 1.95 bits per heavy atom. The van der Waals surface area contributed by atoms with E-state index in [1.807, 2.05) is 35.0 Å². The van der Waals surface area contributed by atoms with Crippen molar-refractivity contribution < 1.29 is 19.4 Å². The molecule has 0 amide bonds. The second-order valence-corrected chi connectivity index (χ2v) is 4.42. The second kappa shape index (κ2) is 6.56. The zero-order valence-electron chi connectivity index (χ0n) is 11.5. The molecule has 2 rings (SSSR count). The van der Waals surface area contributed by atoms with Crippen LogP contribution in [0.25, 0.3) is 6.08 Å². The fourth-order valence-corrected chi connectivity index (χ4v) is 1.94. The van der Waals surface area contributed by atoms with Crippen molar-refractivity contribution in [3.8, 4) is 0 Å². The molecule has 1 aromatic carbocycles. The van der Waals surface area contributed by atoms with Crippen LogP contribution in [0.2, 0.25) is 0 Å². The van der Waals surface area contributed by atoms with Crippen LogP contribution in [0, 0.1) is 0 Å². The number of esters is 1. The van der Waals surface area contributed by atoms with Gasteiger partial charge in [0.05, 0.1) is 12.7 Å². The number of aromatic nitrogens is 1. The molecular weight excluding hydrogens is 270 g/mol. The Kier molecular flexibility index (Phi) is 4.56. The van der Waals surface area contributed by atoms with E-state index in [0.29, 0.717) is 12.1 Å². The zero-order chi connectivity index (χ0) is 15.2. The maximum absolute atomic E-state index is 11.4. The van der Waals surface area contributed by atoms with Gasteiger partial charge in [-0.2, -0.15) is 0 Å². The third-order valence-electron chi connectivity index (χ3n) is 2.99. The molecule has 1 N–H and O–H groups in total. The van der Waals surface area contributed by atoms with Crippen molar-refractivity contribution in [1.82, 2.24) is 4.57 Å². The molecule has 0 atom stereocenters. The molecular formula is C16H15NO4. The fraction of sp³-hybridized carbons (Fsp3) is 0.125. The summed E-state index contributed by atoms with van der Waals surface area (Å²) < 4.78 is 6.57. The molecule has 5 nitrogen and oxygen atoms in total. The monoisotopic (exact) mass is 285 g/mol. The highest BCUT2D eigenvalue weighted by molar-refractivity contribution is 5.89. The number of hydrogen-bond donors (Lipinski definition) is 1. The summed E-state index contributed by atoms with van der Waals surface area (Å²) in [5, 5.41) is 8.66. The number of carboxylic acids is 1. The number of hydrogen-bond acceptors (Lipinski definition) is 3. The minimum absolute atomic E-state index is 0.368. The van der Waals surface area contributed by atoms with Gasteiger partial charge in [-0.15, -0.1) is 0 Å². The lowest BCUT2D eigenvalue weighted by molar-refractivity contribution is -0.131. The maximum Gasteiger partial charge on any atom is 0.337 e. The van der Waals surface area contributed by atoms with E-state index < -0.39 is 5.97 Å². The van der Waals surface area contributed by atoms with Crippen molar-refractivity contribution in [2.75, 3.05) is 7.11 Å². The first kappa shape index (κ1) is 14.6. The third-order valence-corrected chi connectivity index (χ3v) is 2.99. The van der Waals surface area contributed by atoms with E-state index in [0.717, 1.165) is 17.3 Å². The summed E-state index contributed by atoms with van der Waals surface area (Å²) in [5.41, 5.74) is 2.30. The van der Waals surface area contributed by atoms with Crippen LogP contribution < -0.4 is 0 Å². The molecule has 5 heteroatoms. The number of methoxy groups -OCH3 is 1.